The van der Waals surface area contributed by atoms with Gasteiger partial charge in [0.1, 0.15) is 12.1 Å². The number of carboxylic acids is 1. The molecular formula is C14H10F2N4O3. The summed E-state index contributed by atoms with van der Waals surface area (Å²) in [6.45, 7) is 0. The van der Waals surface area contributed by atoms with Crippen LogP contribution < -0.4 is 11.3 Å². The summed E-state index contributed by atoms with van der Waals surface area (Å²) in [7, 11) is 1.29. The van der Waals surface area contributed by atoms with Gasteiger partial charge in [-0.2, -0.15) is 0 Å². The molecule has 2 heterocycles. The molecule has 23 heavy (non-hydrogen) atoms. The van der Waals surface area contributed by atoms with Crippen LogP contribution in [0.15, 0.2) is 29.5 Å². The Morgan fingerprint density at radius 2 is 2.04 bits per heavy atom. The zero-order valence-corrected chi connectivity index (χ0v) is 11.7. The summed E-state index contributed by atoms with van der Waals surface area (Å²) in [6.07, 6.45) is 2.27. The molecule has 3 aromatic rings. The highest BCUT2D eigenvalue weighted by Crippen LogP contribution is 2.27. The second-order valence-electron chi connectivity index (χ2n) is 4.86. The number of benzene rings is 1. The van der Waals surface area contributed by atoms with E-state index in [1.807, 2.05) is 0 Å². The Kier molecular flexibility index (Phi) is 3.13. The fraction of sp³-hybridized carbons (Fsp3) is 0.0714. The van der Waals surface area contributed by atoms with Crippen molar-refractivity contribution in [3.63, 3.8) is 0 Å². The minimum Gasteiger partial charge on any atom is -0.476 e. The Morgan fingerprint density at radius 3 is 2.70 bits per heavy atom. The molecule has 0 spiro atoms. The van der Waals surface area contributed by atoms with Gasteiger partial charge in [-0.25, -0.2) is 18.6 Å². The van der Waals surface area contributed by atoms with E-state index in [0.717, 1.165) is 29.2 Å². The number of anilines is 1. The molecule has 0 bridgehead atoms. The van der Waals surface area contributed by atoms with E-state index in [0.29, 0.717) is 0 Å². The molecule has 3 rings (SSSR count). The number of nitrogens with two attached hydrogens (primary N) is 1. The van der Waals surface area contributed by atoms with Gasteiger partial charge in [0.2, 0.25) is 0 Å². The molecule has 1 aromatic carbocycles. The quantitative estimate of drug-likeness (QED) is 0.692. The number of rotatable bonds is 2. The predicted octanol–water partition coefficient (Wildman–Crippen LogP) is 1.26. The maximum Gasteiger partial charge on any atom is 0.358 e. The van der Waals surface area contributed by atoms with Gasteiger partial charge in [-0.3, -0.25) is 13.8 Å². The Balaban J connectivity index is 2.42. The second kappa shape index (κ2) is 4.90. The first-order chi connectivity index (χ1) is 10.8. The average molecular weight is 320 g/mol. The summed E-state index contributed by atoms with van der Waals surface area (Å²) in [4.78, 5) is 27.2. The fourth-order valence-electron chi connectivity index (χ4n) is 2.39. The van der Waals surface area contributed by atoms with Crippen molar-refractivity contribution < 1.29 is 18.7 Å². The molecule has 118 valence electrons. The van der Waals surface area contributed by atoms with Crippen molar-refractivity contribution in [2.75, 3.05) is 5.73 Å². The van der Waals surface area contributed by atoms with Crippen molar-refractivity contribution in [1.29, 1.82) is 0 Å². The van der Waals surface area contributed by atoms with Gasteiger partial charge in [0.25, 0.3) is 5.56 Å². The molecular weight excluding hydrogens is 310 g/mol. The van der Waals surface area contributed by atoms with Gasteiger partial charge < -0.3 is 10.8 Å². The fourth-order valence-corrected chi connectivity index (χ4v) is 2.39. The molecule has 3 N–H and O–H groups in total. The predicted molar refractivity (Wildman–Crippen MR) is 77.2 cm³/mol. The number of imidazole rings is 1. The first-order valence-electron chi connectivity index (χ1n) is 6.36. The molecule has 0 aliphatic carbocycles. The van der Waals surface area contributed by atoms with Crippen LogP contribution in [-0.2, 0) is 7.05 Å². The van der Waals surface area contributed by atoms with E-state index in [2.05, 4.69) is 4.98 Å². The molecule has 2 aromatic heterocycles. The first kappa shape index (κ1) is 14.7. The van der Waals surface area contributed by atoms with Crippen LogP contribution in [0.25, 0.3) is 16.8 Å². The van der Waals surface area contributed by atoms with Crippen LogP contribution in [0.1, 0.15) is 10.5 Å². The molecule has 0 fully saturated rings. The lowest BCUT2D eigenvalue weighted by atomic mass is 10.1. The van der Waals surface area contributed by atoms with E-state index in [4.69, 9.17) is 10.8 Å². The van der Waals surface area contributed by atoms with E-state index in [1.54, 1.807) is 0 Å². The first-order valence-corrected chi connectivity index (χ1v) is 6.36. The summed E-state index contributed by atoms with van der Waals surface area (Å²) in [5.74, 6) is -3.33. The summed E-state index contributed by atoms with van der Waals surface area (Å²) in [6, 6.07) is 2.00. The summed E-state index contributed by atoms with van der Waals surface area (Å²) < 4.78 is 30.3. The number of carbonyl (C=O) groups is 1. The zero-order valence-electron chi connectivity index (χ0n) is 11.7. The Labute approximate surface area is 127 Å². The maximum atomic E-state index is 14.2. The van der Waals surface area contributed by atoms with Crippen LogP contribution in [0.2, 0.25) is 0 Å². The largest absolute Gasteiger partial charge is 0.476 e. The Bertz CT molecular complexity index is 1020. The van der Waals surface area contributed by atoms with Gasteiger partial charge in [-0.05, 0) is 12.1 Å². The van der Waals surface area contributed by atoms with Crippen molar-refractivity contribution in [2.24, 2.45) is 7.05 Å². The minimum atomic E-state index is -1.32. The summed E-state index contributed by atoms with van der Waals surface area (Å²) >= 11 is 0. The lowest BCUT2D eigenvalue weighted by Gasteiger charge is -2.10. The molecule has 0 amide bonds. The number of halogens is 2. The van der Waals surface area contributed by atoms with Gasteiger partial charge in [-0.15, -0.1) is 0 Å². The maximum absolute atomic E-state index is 14.2. The normalized spacial score (nSPS) is 11.1. The van der Waals surface area contributed by atoms with Crippen molar-refractivity contribution in [3.8, 4) is 11.1 Å². The molecule has 0 radical (unpaired) electrons. The molecule has 0 saturated carbocycles. The second-order valence-corrected chi connectivity index (χ2v) is 4.86. The van der Waals surface area contributed by atoms with Gasteiger partial charge in [0, 0.05) is 13.2 Å². The number of aromatic nitrogens is 3. The smallest absolute Gasteiger partial charge is 0.358 e. The standard InChI is InChI=1S/C14H10F2N4O3/c1-19-12-11(14(22)23)18-5-20(12)4-6(13(19)21)9-7(15)2-3-8(17)10(9)16/h2-5H,17H2,1H3,(H,22,23). The minimum absolute atomic E-state index is 0.00373. The molecule has 7 nitrogen and oxygen atoms in total. The molecule has 0 saturated heterocycles. The lowest BCUT2D eigenvalue weighted by Crippen LogP contribution is -2.23. The van der Waals surface area contributed by atoms with Crippen LogP contribution in [0.4, 0.5) is 14.5 Å². The lowest BCUT2D eigenvalue weighted by molar-refractivity contribution is 0.0692. The number of hydrogen-bond donors (Lipinski definition) is 2. The molecule has 0 atom stereocenters. The van der Waals surface area contributed by atoms with Crippen LogP contribution in [-0.4, -0.2) is 25.0 Å². The number of nitrogen functional groups attached to an aromatic ring is 1. The highest BCUT2D eigenvalue weighted by molar-refractivity contribution is 5.92. The highest BCUT2D eigenvalue weighted by atomic mass is 19.1. The number of carboxylic acid groups (broad SMARTS) is 1. The third-order valence-electron chi connectivity index (χ3n) is 3.48. The van der Waals surface area contributed by atoms with Crippen molar-refractivity contribution in [3.05, 3.63) is 52.3 Å². The van der Waals surface area contributed by atoms with Crippen molar-refractivity contribution >= 4 is 17.3 Å². The van der Waals surface area contributed by atoms with Crippen LogP contribution >= 0.6 is 0 Å². The highest BCUT2D eigenvalue weighted by Gasteiger charge is 2.22. The van der Waals surface area contributed by atoms with Gasteiger partial charge in [0.05, 0.1) is 16.8 Å². The number of hydrogen-bond acceptors (Lipinski definition) is 4. The average Bonchev–Trinajstić information content (AvgIpc) is 2.92. The molecule has 9 heteroatoms. The third kappa shape index (κ3) is 2.05. The SMILES string of the molecule is Cn1c(=O)c(-c2c(F)ccc(N)c2F)cn2cnc(C(=O)O)c12. The third-order valence-corrected chi connectivity index (χ3v) is 3.48. The van der Waals surface area contributed by atoms with Gasteiger partial charge in [-0.1, -0.05) is 0 Å². The van der Waals surface area contributed by atoms with E-state index >= 15 is 0 Å². The van der Waals surface area contributed by atoms with Crippen molar-refractivity contribution in [2.45, 2.75) is 0 Å². The number of aryl methyl sites for hydroxylation is 1. The van der Waals surface area contributed by atoms with Crippen LogP contribution in [0.3, 0.4) is 0 Å². The Morgan fingerprint density at radius 1 is 1.35 bits per heavy atom. The molecule has 0 unspecified atom stereocenters. The van der Waals surface area contributed by atoms with E-state index in [9.17, 15) is 18.4 Å². The van der Waals surface area contributed by atoms with Crippen LogP contribution in [0, 0.1) is 11.6 Å². The van der Waals surface area contributed by atoms with Gasteiger partial charge in [0.15, 0.2) is 17.2 Å². The summed E-state index contributed by atoms with van der Waals surface area (Å²) in [5, 5.41) is 9.07. The van der Waals surface area contributed by atoms with Crippen molar-refractivity contribution in [1.82, 2.24) is 14.0 Å². The van der Waals surface area contributed by atoms with Crippen LogP contribution in [0.5, 0.6) is 0 Å². The number of aromatic carboxylic acids is 1. The monoisotopic (exact) mass is 320 g/mol. The Hall–Kier alpha value is -3.23. The topological polar surface area (TPSA) is 103 Å². The number of nitrogens with zero attached hydrogens (tertiary/aromatic N) is 3. The van der Waals surface area contributed by atoms with E-state index < -0.39 is 28.7 Å². The summed E-state index contributed by atoms with van der Waals surface area (Å²) in [5.41, 5.74) is 3.13. The molecule has 0 aliphatic rings. The number of fused-ring (bicyclic) bond motifs is 1. The zero-order chi connectivity index (χ0) is 16.9. The van der Waals surface area contributed by atoms with Gasteiger partial charge >= 0.3 is 5.97 Å². The molecule has 0 aliphatic heterocycles. The van der Waals surface area contributed by atoms with E-state index in [1.165, 1.54) is 11.4 Å². The van der Waals surface area contributed by atoms with E-state index in [-0.39, 0.29) is 22.6 Å².